The molecule has 2 aliphatic heterocycles. The van der Waals surface area contributed by atoms with Crippen molar-refractivity contribution in [3.05, 3.63) is 59.7 Å². The summed E-state index contributed by atoms with van der Waals surface area (Å²) in [4.78, 5) is 29.5. The fourth-order valence-electron chi connectivity index (χ4n) is 4.30. The summed E-state index contributed by atoms with van der Waals surface area (Å²) in [7, 11) is 0. The lowest BCUT2D eigenvalue weighted by Crippen LogP contribution is -2.43. The highest BCUT2D eigenvalue weighted by Gasteiger charge is 2.26. The van der Waals surface area contributed by atoms with Gasteiger partial charge in [0.15, 0.2) is 11.6 Å². The van der Waals surface area contributed by atoms with Gasteiger partial charge >= 0.3 is 0 Å². The predicted octanol–water partition coefficient (Wildman–Crippen LogP) is 3.80. The molecule has 0 atom stereocenters. The molecule has 0 aromatic heterocycles. The second kappa shape index (κ2) is 11.1. The van der Waals surface area contributed by atoms with Gasteiger partial charge in [-0.25, -0.2) is 0 Å². The molecule has 0 saturated carbocycles. The fourth-order valence-corrected chi connectivity index (χ4v) is 4.30. The minimum atomic E-state index is -0.622. The van der Waals surface area contributed by atoms with E-state index in [1.807, 2.05) is 76.2 Å². The molecule has 8 heteroatoms. The molecule has 4 rings (SSSR count). The topological polar surface area (TPSA) is 77.5 Å². The van der Waals surface area contributed by atoms with E-state index in [0.29, 0.717) is 63.7 Å². The smallest absolute Gasteiger partial charge is 0.254 e. The number of benzene rings is 2. The van der Waals surface area contributed by atoms with Crippen molar-refractivity contribution in [2.75, 3.05) is 52.6 Å². The Morgan fingerprint density at radius 3 is 1.11 bits per heavy atom. The number of nitrogens with zero attached hydrogens (tertiary/aromatic N) is 2. The lowest BCUT2D eigenvalue weighted by molar-refractivity contribution is -0.224. The molecule has 2 aromatic rings. The Hall–Kier alpha value is -2.78. The summed E-state index contributed by atoms with van der Waals surface area (Å²) < 4.78 is 22.8. The van der Waals surface area contributed by atoms with Crippen LogP contribution < -0.4 is 0 Å². The van der Waals surface area contributed by atoms with Gasteiger partial charge in [0, 0.05) is 37.3 Å². The lowest BCUT2D eigenvalue weighted by Gasteiger charge is -2.32. The van der Waals surface area contributed by atoms with Crippen molar-refractivity contribution in [3.63, 3.8) is 0 Å². The third-order valence-electron chi connectivity index (χ3n) is 6.41. The zero-order valence-corrected chi connectivity index (χ0v) is 21.6. The summed E-state index contributed by atoms with van der Waals surface area (Å²) in [6.07, 6.45) is 0. The van der Waals surface area contributed by atoms with E-state index in [0.717, 1.165) is 11.1 Å². The quantitative estimate of drug-likeness (QED) is 0.643. The van der Waals surface area contributed by atoms with E-state index in [4.69, 9.17) is 18.9 Å². The van der Waals surface area contributed by atoms with Crippen LogP contribution in [0.5, 0.6) is 0 Å². The number of ether oxygens (including phenoxy) is 4. The van der Waals surface area contributed by atoms with Crippen LogP contribution in [0.1, 0.15) is 48.4 Å². The molecular formula is C28H36N2O6. The summed E-state index contributed by atoms with van der Waals surface area (Å²) in [6, 6.07) is 15.1. The highest BCUT2D eigenvalue weighted by atomic mass is 16.7. The molecule has 2 aromatic carbocycles. The molecule has 8 nitrogen and oxygen atoms in total. The first-order chi connectivity index (χ1) is 17.1. The van der Waals surface area contributed by atoms with Crippen LogP contribution in [0.25, 0.3) is 11.1 Å². The van der Waals surface area contributed by atoms with Gasteiger partial charge in [-0.1, -0.05) is 24.3 Å². The van der Waals surface area contributed by atoms with Gasteiger partial charge in [-0.05, 0) is 63.1 Å². The van der Waals surface area contributed by atoms with Gasteiger partial charge in [0.05, 0.1) is 26.4 Å². The van der Waals surface area contributed by atoms with E-state index >= 15 is 0 Å². The van der Waals surface area contributed by atoms with E-state index in [1.54, 1.807) is 9.80 Å². The van der Waals surface area contributed by atoms with Gasteiger partial charge in [-0.3, -0.25) is 9.59 Å². The maximum absolute atomic E-state index is 13.0. The van der Waals surface area contributed by atoms with Crippen molar-refractivity contribution < 1.29 is 28.5 Å². The molecule has 0 bridgehead atoms. The minimum absolute atomic E-state index is 0.0426. The molecule has 2 saturated heterocycles. The van der Waals surface area contributed by atoms with Crippen LogP contribution in [0.3, 0.4) is 0 Å². The van der Waals surface area contributed by atoms with Crippen molar-refractivity contribution in [2.24, 2.45) is 0 Å². The summed E-state index contributed by atoms with van der Waals surface area (Å²) in [6.45, 7) is 11.3. The average Bonchev–Trinajstić information content (AvgIpc) is 2.83. The van der Waals surface area contributed by atoms with Crippen LogP contribution in [-0.4, -0.2) is 85.8 Å². The Kier molecular flexibility index (Phi) is 8.10. The number of amides is 2. The van der Waals surface area contributed by atoms with Gasteiger partial charge < -0.3 is 28.7 Å². The second-order valence-electron chi connectivity index (χ2n) is 9.93. The number of hydrogen-bond acceptors (Lipinski definition) is 6. The van der Waals surface area contributed by atoms with E-state index in [2.05, 4.69) is 0 Å². The standard InChI is InChI=1S/C28H36N2O6/c1-27(2)33-17-13-29(14-18-34-27)25(31)23-9-5-21(6-10-23)22-7-11-24(12-8-22)26(32)30-15-19-35-28(3,4)36-20-16-30/h5-12H,13-20H2,1-4H3. The molecule has 194 valence electrons. The normalized spacial score (nSPS) is 20.6. The van der Waals surface area contributed by atoms with Gasteiger partial charge in [-0.15, -0.1) is 0 Å². The first-order valence-corrected chi connectivity index (χ1v) is 12.5. The van der Waals surface area contributed by atoms with E-state index in [1.165, 1.54) is 0 Å². The second-order valence-corrected chi connectivity index (χ2v) is 9.93. The third kappa shape index (κ3) is 6.70. The van der Waals surface area contributed by atoms with Crippen LogP contribution in [0, 0.1) is 0 Å². The predicted molar refractivity (Wildman–Crippen MR) is 136 cm³/mol. The van der Waals surface area contributed by atoms with Crippen LogP contribution in [0.15, 0.2) is 48.5 Å². The highest BCUT2D eigenvalue weighted by molar-refractivity contribution is 5.95. The van der Waals surface area contributed by atoms with E-state index in [9.17, 15) is 9.59 Å². The first kappa shape index (κ1) is 26.3. The van der Waals surface area contributed by atoms with Gasteiger partial charge in [0.25, 0.3) is 11.8 Å². The molecule has 2 fully saturated rings. The van der Waals surface area contributed by atoms with Crippen molar-refractivity contribution in [1.29, 1.82) is 0 Å². The maximum Gasteiger partial charge on any atom is 0.254 e. The van der Waals surface area contributed by atoms with Crippen molar-refractivity contribution in [3.8, 4) is 11.1 Å². The zero-order chi connectivity index (χ0) is 25.8. The van der Waals surface area contributed by atoms with Crippen LogP contribution in [-0.2, 0) is 18.9 Å². The summed E-state index contributed by atoms with van der Waals surface area (Å²) in [5.74, 6) is -1.33. The molecule has 36 heavy (non-hydrogen) atoms. The molecule has 0 unspecified atom stereocenters. The molecule has 2 amide bonds. The van der Waals surface area contributed by atoms with Crippen LogP contribution >= 0.6 is 0 Å². The maximum atomic E-state index is 13.0. The van der Waals surface area contributed by atoms with Crippen LogP contribution in [0.4, 0.5) is 0 Å². The van der Waals surface area contributed by atoms with Crippen molar-refractivity contribution in [1.82, 2.24) is 9.80 Å². The Bertz CT molecular complexity index is 939. The van der Waals surface area contributed by atoms with E-state index in [-0.39, 0.29) is 11.8 Å². The average molecular weight is 497 g/mol. The number of rotatable bonds is 3. The number of carbonyl (C=O) groups is 2. The molecule has 0 radical (unpaired) electrons. The Labute approximate surface area is 213 Å². The first-order valence-electron chi connectivity index (χ1n) is 12.5. The van der Waals surface area contributed by atoms with E-state index < -0.39 is 11.6 Å². The minimum Gasteiger partial charge on any atom is -0.349 e. The number of hydrogen-bond donors (Lipinski definition) is 0. The summed E-state index contributed by atoms with van der Waals surface area (Å²) >= 11 is 0. The molecular weight excluding hydrogens is 460 g/mol. The molecule has 2 heterocycles. The zero-order valence-electron chi connectivity index (χ0n) is 21.6. The largest absolute Gasteiger partial charge is 0.349 e. The third-order valence-corrected chi connectivity index (χ3v) is 6.41. The molecule has 2 aliphatic rings. The summed E-state index contributed by atoms with van der Waals surface area (Å²) in [5, 5.41) is 0. The molecule has 0 aliphatic carbocycles. The highest BCUT2D eigenvalue weighted by Crippen LogP contribution is 2.23. The lowest BCUT2D eigenvalue weighted by atomic mass is 10.0. The van der Waals surface area contributed by atoms with Crippen LogP contribution in [0.2, 0.25) is 0 Å². The Balaban J connectivity index is 1.37. The van der Waals surface area contributed by atoms with Gasteiger partial charge in [0.1, 0.15) is 0 Å². The Morgan fingerprint density at radius 1 is 0.556 bits per heavy atom. The van der Waals surface area contributed by atoms with Gasteiger partial charge in [-0.2, -0.15) is 0 Å². The van der Waals surface area contributed by atoms with Crippen molar-refractivity contribution >= 4 is 11.8 Å². The molecule has 0 N–H and O–H groups in total. The summed E-state index contributed by atoms with van der Waals surface area (Å²) in [5.41, 5.74) is 3.19. The fraction of sp³-hybridized carbons (Fsp3) is 0.500. The van der Waals surface area contributed by atoms with Crippen molar-refractivity contribution in [2.45, 2.75) is 39.3 Å². The molecule has 0 spiro atoms. The Morgan fingerprint density at radius 2 is 0.833 bits per heavy atom. The number of carbonyl (C=O) groups excluding carboxylic acids is 2. The SMILES string of the molecule is CC1(C)OCCN(C(=O)c2ccc(-c3ccc(C(=O)N4CCOC(C)(C)OCC4)cc3)cc2)CCO1. The monoisotopic (exact) mass is 496 g/mol. The van der Waals surface area contributed by atoms with Gasteiger partial charge in [0.2, 0.25) is 0 Å².